The largest absolute Gasteiger partial charge is 0.397 e. The van der Waals surface area contributed by atoms with E-state index in [1.165, 1.54) is 0 Å². The third-order valence-electron chi connectivity index (χ3n) is 1.69. The Balaban J connectivity index is 3.05. The van der Waals surface area contributed by atoms with Crippen molar-refractivity contribution in [1.82, 2.24) is 0 Å². The summed E-state index contributed by atoms with van der Waals surface area (Å²) in [6.07, 6.45) is 2.00. The van der Waals surface area contributed by atoms with Crippen LogP contribution in [-0.4, -0.2) is 0 Å². The molecule has 0 atom stereocenters. The van der Waals surface area contributed by atoms with E-state index in [1.807, 2.05) is 6.07 Å². The van der Waals surface area contributed by atoms with E-state index < -0.39 is 0 Å². The van der Waals surface area contributed by atoms with Crippen LogP contribution in [0.15, 0.2) is 12.1 Å². The van der Waals surface area contributed by atoms with Crippen LogP contribution in [-0.2, 0) is 6.42 Å². The highest BCUT2D eigenvalue weighted by Gasteiger charge is 2.03. The van der Waals surface area contributed by atoms with Crippen LogP contribution in [0.1, 0.15) is 18.9 Å². The average Bonchev–Trinajstić information content (AvgIpc) is 2.01. The van der Waals surface area contributed by atoms with Crippen molar-refractivity contribution in [1.29, 1.82) is 0 Å². The van der Waals surface area contributed by atoms with Crippen LogP contribution >= 0.6 is 23.2 Å². The van der Waals surface area contributed by atoms with Crippen molar-refractivity contribution in [2.75, 3.05) is 5.73 Å². The van der Waals surface area contributed by atoms with Gasteiger partial charge in [-0.05, 0) is 24.1 Å². The van der Waals surface area contributed by atoms with Crippen LogP contribution in [0.5, 0.6) is 0 Å². The van der Waals surface area contributed by atoms with Gasteiger partial charge in [0.25, 0.3) is 0 Å². The first kappa shape index (κ1) is 9.69. The Hall–Kier alpha value is -0.400. The monoisotopic (exact) mass is 203 g/mol. The van der Waals surface area contributed by atoms with Gasteiger partial charge in [0.05, 0.1) is 10.7 Å². The Kier molecular flexibility index (Phi) is 3.24. The lowest BCUT2D eigenvalue weighted by Gasteiger charge is -2.05. The van der Waals surface area contributed by atoms with Gasteiger partial charge in [-0.3, -0.25) is 0 Å². The van der Waals surface area contributed by atoms with E-state index in [0.29, 0.717) is 15.7 Å². The molecule has 0 saturated carbocycles. The summed E-state index contributed by atoms with van der Waals surface area (Å²) in [6, 6.07) is 3.54. The fraction of sp³-hybridized carbons (Fsp3) is 0.333. The van der Waals surface area contributed by atoms with Crippen molar-refractivity contribution < 1.29 is 0 Å². The summed E-state index contributed by atoms with van der Waals surface area (Å²) in [5, 5.41) is 1.29. The number of aryl methyl sites for hydroxylation is 1. The zero-order chi connectivity index (χ0) is 9.14. The second-order valence-electron chi connectivity index (χ2n) is 2.72. The minimum Gasteiger partial charge on any atom is -0.397 e. The summed E-state index contributed by atoms with van der Waals surface area (Å²) in [6.45, 7) is 2.10. The summed E-state index contributed by atoms with van der Waals surface area (Å²) in [5.41, 5.74) is 7.18. The number of hydrogen-bond donors (Lipinski definition) is 1. The Bertz CT molecular complexity index is 284. The van der Waals surface area contributed by atoms with Crippen LogP contribution in [0.4, 0.5) is 5.69 Å². The Morgan fingerprint density at radius 3 is 2.50 bits per heavy atom. The van der Waals surface area contributed by atoms with E-state index in [1.54, 1.807) is 6.07 Å². The number of rotatable bonds is 2. The number of benzene rings is 1. The van der Waals surface area contributed by atoms with Gasteiger partial charge in [-0.25, -0.2) is 0 Å². The second kappa shape index (κ2) is 4.01. The summed E-state index contributed by atoms with van der Waals surface area (Å²) in [7, 11) is 0. The first-order chi connectivity index (χ1) is 5.65. The maximum atomic E-state index is 5.94. The number of halogens is 2. The molecular weight excluding hydrogens is 193 g/mol. The summed E-state index contributed by atoms with van der Waals surface area (Å²) >= 11 is 11.8. The molecule has 0 aliphatic carbocycles. The summed E-state index contributed by atoms with van der Waals surface area (Å²) < 4.78 is 0. The normalized spacial score (nSPS) is 10.2. The average molecular weight is 204 g/mol. The molecule has 12 heavy (non-hydrogen) atoms. The lowest BCUT2D eigenvalue weighted by molar-refractivity contribution is 0.922. The zero-order valence-electron chi connectivity index (χ0n) is 6.90. The molecule has 1 aromatic carbocycles. The van der Waals surface area contributed by atoms with Gasteiger partial charge in [0.1, 0.15) is 0 Å². The van der Waals surface area contributed by atoms with Gasteiger partial charge >= 0.3 is 0 Å². The third-order valence-corrected chi connectivity index (χ3v) is 2.36. The molecule has 2 N–H and O–H groups in total. The van der Waals surface area contributed by atoms with E-state index in [4.69, 9.17) is 28.9 Å². The Labute approximate surface area is 82.5 Å². The van der Waals surface area contributed by atoms with Gasteiger partial charge in [-0.2, -0.15) is 0 Å². The summed E-state index contributed by atoms with van der Waals surface area (Å²) in [5.74, 6) is 0. The molecule has 0 aliphatic heterocycles. The van der Waals surface area contributed by atoms with Crippen LogP contribution in [0.2, 0.25) is 10.0 Å². The molecule has 0 unspecified atom stereocenters. The van der Waals surface area contributed by atoms with Gasteiger partial charge in [0.15, 0.2) is 0 Å². The Morgan fingerprint density at radius 2 is 1.92 bits per heavy atom. The predicted molar refractivity (Wildman–Crippen MR) is 54.9 cm³/mol. The topological polar surface area (TPSA) is 26.0 Å². The smallest absolute Gasteiger partial charge is 0.0639 e. The first-order valence-corrected chi connectivity index (χ1v) is 4.64. The standard InChI is InChI=1S/C9H11Cl2N/c1-2-3-6-4-8(11)9(12)5-7(6)10/h4-5H,2-3,12H2,1H3. The molecule has 1 aromatic rings. The predicted octanol–water partition coefficient (Wildman–Crippen LogP) is 3.53. The number of nitrogen functional groups attached to an aromatic ring is 1. The minimum absolute atomic E-state index is 0.543. The van der Waals surface area contributed by atoms with E-state index in [0.717, 1.165) is 18.4 Å². The lowest BCUT2D eigenvalue weighted by Crippen LogP contribution is -1.90. The van der Waals surface area contributed by atoms with Crippen molar-refractivity contribution in [2.24, 2.45) is 0 Å². The SMILES string of the molecule is CCCc1cc(Cl)c(N)cc1Cl. The molecule has 1 rings (SSSR count). The maximum absolute atomic E-state index is 5.94. The quantitative estimate of drug-likeness (QED) is 0.732. The van der Waals surface area contributed by atoms with Crippen molar-refractivity contribution >= 4 is 28.9 Å². The fourth-order valence-electron chi connectivity index (χ4n) is 1.06. The third kappa shape index (κ3) is 2.05. The molecule has 0 heterocycles. The van der Waals surface area contributed by atoms with E-state index >= 15 is 0 Å². The van der Waals surface area contributed by atoms with Crippen LogP contribution in [0, 0.1) is 0 Å². The highest BCUT2D eigenvalue weighted by molar-refractivity contribution is 6.35. The van der Waals surface area contributed by atoms with Crippen molar-refractivity contribution in [2.45, 2.75) is 19.8 Å². The van der Waals surface area contributed by atoms with Gasteiger partial charge in [-0.15, -0.1) is 0 Å². The molecule has 0 aromatic heterocycles. The molecule has 0 aliphatic rings. The molecule has 0 bridgehead atoms. The van der Waals surface area contributed by atoms with Crippen LogP contribution in [0.25, 0.3) is 0 Å². The lowest BCUT2D eigenvalue weighted by atomic mass is 10.1. The Morgan fingerprint density at radius 1 is 1.25 bits per heavy atom. The van der Waals surface area contributed by atoms with Gasteiger partial charge in [0.2, 0.25) is 0 Å². The second-order valence-corrected chi connectivity index (χ2v) is 3.53. The minimum atomic E-state index is 0.543. The van der Waals surface area contributed by atoms with Crippen LogP contribution < -0.4 is 5.73 Å². The van der Waals surface area contributed by atoms with E-state index in [2.05, 4.69) is 6.92 Å². The molecule has 66 valence electrons. The maximum Gasteiger partial charge on any atom is 0.0639 e. The molecule has 0 spiro atoms. The van der Waals surface area contributed by atoms with Gasteiger partial charge < -0.3 is 5.73 Å². The molecular formula is C9H11Cl2N. The zero-order valence-corrected chi connectivity index (χ0v) is 8.41. The molecule has 0 radical (unpaired) electrons. The molecule has 1 nitrogen and oxygen atoms in total. The number of hydrogen-bond acceptors (Lipinski definition) is 1. The molecule has 3 heteroatoms. The molecule has 0 saturated heterocycles. The van der Waals surface area contributed by atoms with Crippen molar-refractivity contribution in [3.63, 3.8) is 0 Å². The number of nitrogens with two attached hydrogens (primary N) is 1. The fourth-order valence-corrected chi connectivity index (χ4v) is 1.52. The van der Waals surface area contributed by atoms with Gasteiger partial charge in [-0.1, -0.05) is 36.5 Å². The van der Waals surface area contributed by atoms with E-state index in [-0.39, 0.29) is 0 Å². The number of anilines is 1. The van der Waals surface area contributed by atoms with Crippen molar-refractivity contribution in [3.05, 3.63) is 27.7 Å². The van der Waals surface area contributed by atoms with Gasteiger partial charge in [0, 0.05) is 5.02 Å². The molecule has 0 fully saturated rings. The highest BCUT2D eigenvalue weighted by Crippen LogP contribution is 2.27. The molecule has 0 amide bonds. The highest BCUT2D eigenvalue weighted by atomic mass is 35.5. The first-order valence-electron chi connectivity index (χ1n) is 3.88. The van der Waals surface area contributed by atoms with Crippen LogP contribution in [0.3, 0.4) is 0 Å². The summed E-state index contributed by atoms with van der Waals surface area (Å²) in [4.78, 5) is 0. The van der Waals surface area contributed by atoms with E-state index in [9.17, 15) is 0 Å². The van der Waals surface area contributed by atoms with Crippen molar-refractivity contribution in [3.8, 4) is 0 Å².